The molecule has 1 N–H and O–H groups in total. The molecule has 4 amide bonds. The first-order valence-corrected chi connectivity index (χ1v) is 8.20. The number of anilines is 1. The van der Waals surface area contributed by atoms with Crippen molar-refractivity contribution >= 4 is 41.1 Å². The van der Waals surface area contributed by atoms with E-state index in [4.69, 9.17) is 16.3 Å². The molecule has 2 aliphatic heterocycles. The van der Waals surface area contributed by atoms with Gasteiger partial charge in [-0.05, 0) is 24.6 Å². The van der Waals surface area contributed by atoms with E-state index in [0.29, 0.717) is 36.6 Å². The minimum absolute atomic E-state index is 0.0962. The van der Waals surface area contributed by atoms with Gasteiger partial charge in [-0.25, -0.2) is 9.59 Å². The Kier molecular flexibility index (Phi) is 4.89. The van der Waals surface area contributed by atoms with Crippen molar-refractivity contribution in [2.45, 2.75) is 12.8 Å². The molecule has 132 valence electrons. The highest BCUT2D eigenvalue weighted by Gasteiger charge is 2.29. The van der Waals surface area contributed by atoms with Crippen LogP contribution in [0.3, 0.4) is 0 Å². The minimum Gasteiger partial charge on any atom is -0.452 e. The Balaban J connectivity index is 1.72. The Labute approximate surface area is 148 Å². The third kappa shape index (κ3) is 3.58. The predicted molar refractivity (Wildman–Crippen MR) is 88.4 cm³/mol. The summed E-state index contributed by atoms with van der Waals surface area (Å²) >= 11 is 5.98. The van der Waals surface area contributed by atoms with Crippen LogP contribution in [-0.2, 0) is 14.3 Å². The number of ether oxygens (including phenoxy) is 1. The SMILES string of the molecule is O=C(OCC(=O)N1CCNC1=O)c1ccc(Cl)cc1N1CCCC1=O. The summed E-state index contributed by atoms with van der Waals surface area (Å²) in [6, 6.07) is 3.99. The molecule has 0 spiro atoms. The summed E-state index contributed by atoms with van der Waals surface area (Å²) in [7, 11) is 0. The molecular formula is C16H16ClN3O5. The molecule has 0 aliphatic carbocycles. The molecule has 0 atom stereocenters. The zero-order valence-electron chi connectivity index (χ0n) is 13.3. The molecule has 25 heavy (non-hydrogen) atoms. The molecule has 9 heteroatoms. The second-order valence-electron chi connectivity index (χ2n) is 5.66. The Morgan fingerprint density at radius 1 is 1.24 bits per heavy atom. The molecule has 0 radical (unpaired) electrons. The van der Waals surface area contributed by atoms with Crippen molar-refractivity contribution in [3.63, 3.8) is 0 Å². The van der Waals surface area contributed by atoms with Gasteiger partial charge in [0.25, 0.3) is 5.91 Å². The smallest absolute Gasteiger partial charge is 0.340 e. The highest BCUT2D eigenvalue weighted by Crippen LogP contribution is 2.29. The largest absolute Gasteiger partial charge is 0.452 e. The summed E-state index contributed by atoms with van der Waals surface area (Å²) in [5.41, 5.74) is 0.518. The van der Waals surface area contributed by atoms with Crippen molar-refractivity contribution in [3.05, 3.63) is 28.8 Å². The number of benzene rings is 1. The van der Waals surface area contributed by atoms with Gasteiger partial charge in [0.1, 0.15) is 0 Å². The molecule has 0 aromatic heterocycles. The number of esters is 1. The van der Waals surface area contributed by atoms with Crippen molar-refractivity contribution in [2.24, 2.45) is 0 Å². The maximum Gasteiger partial charge on any atom is 0.340 e. The quantitative estimate of drug-likeness (QED) is 0.808. The first kappa shape index (κ1) is 17.2. The van der Waals surface area contributed by atoms with Crippen LogP contribution < -0.4 is 10.2 Å². The fourth-order valence-corrected chi connectivity index (χ4v) is 2.96. The van der Waals surface area contributed by atoms with Crippen molar-refractivity contribution in [2.75, 3.05) is 31.1 Å². The first-order valence-electron chi connectivity index (χ1n) is 7.82. The van der Waals surface area contributed by atoms with Crippen LogP contribution in [0.4, 0.5) is 10.5 Å². The Morgan fingerprint density at radius 3 is 2.68 bits per heavy atom. The van der Waals surface area contributed by atoms with Gasteiger partial charge in [0.2, 0.25) is 5.91 Å². The van der Waals surface area contributed by atoms with E-state index in [1.807, 2.05) is 0 Å². The van der Waals surface area contributed by atoms with Crippen molar-refractivity contribution < 1.29 is 23.9 Å². The maximum atomic E-state index is 12.4. The molecule has 2 aliphatic rings. The van der Waals surface area contributed by atoms with Gasteiger partial charge < -0.3 is 15.0 Å². The summed E-state index contributed by atoms with van der Waals surface area (Å²) in [5, 5.41) is 2.88. The van der Waals surface area contributed by atoms with Gasteiger partial charge in [0.05, 0.1) is 11.3 Å². The number of urea groups is 1. The lowest BCUT2D eigenvalue weighted by molar-refractivity contribution is -0.130. The van der Waals surface area contributed by atoms with Gasteiger partial charge in [-0.3, -0.25) is 14.5 Å². The standard InChI is InChI=1S/C16H16ClN3O5/c17-10-3-4-11(12(8-10)19-6-1-2-13(19)21)15(23)25-9-14(22)20-7-5-18-16(20)24/h3-4,8H,1-2,5-7,9H2,(H,18,24). The van der Waals surface area contributed by atoms with E-state index in [9.17, 15) is 19.2 Å². The average molecular weight is 366 g/mol. The number of carbonyl (C=O) groups is 4. The molecular weight excluding hydrogens is 350 g/mol. The van der Waals surface area contributed by atoms with Crippen LogP contribution >= 0.6 is 11.6 Å². The number of amides is 4. The second-order valence-corrected chi connectivity index (χ2v) is 6.10. The van der Waals surface area contributed by atoms with E-state index in [2.05, 4.69) is 5.32 Å². The third-order valence-corrected chi connectivity index (χ3v) is 4.26. The van der Waals surface area contributed by atoms with Gasteiger partial charge in [0, 0.05) is 31.1 Å². The number of carbonyl (C=O) groups excluding carboxylic acids is 4. The van der Waals surface area contributed by atoms with Gasteiger partial charge in [0.15, 0.2) is 6.61 Å². The van der Waals surface area contributed by atoms with Crippen LogP contribution in [0.1, 0.15) is 23.2 Å². The van der Waals surface area contributed by atoms with Gasteiger partial charge in [-0.1, -0.05) is 11.6 Å². The molecule has 2 fully saturated rings. The molecule has 1 aromatic rings. The number of hydrogen-bond acceptors (Lipinski definition) is 5. The Bertz CT molecular complexity index is 751. The zero-order valence-corrected chi connectivity index (χ0v) is 14.0. The molecule has 1 aromatic carbocycles. The topological polar surface area (TPSA) is 96.0 Å². The first-order chi connectivity index (χ1) is 12.0. The normalized spacial score (nSPS) is 17.0. The fraction of sp³-hybridized carbons (Fsp3) is 0.375. The van der Waals surface area contributed by atoms with Crippen molar-refractivity contribution in [1.29, 1.82) is 0 Å². The molecule has 2 saturated heterocycles. The maximum absolute atomic E-state index is 12.4. The van der Waals surface area contributed by atoms with Crippen LogP contribution in [0.5, 0.6) is 0 Å². The van der Waals surface area contributed by atoms with E-state index < -0.39 is 24.5 Å². The number of nitrogens with one attached hydrogen (secondary N) is 1. The monoisotopic (exact) mass is 365 g/mol. The number of rotatable bonds is 4. The summed E-state index contributed by atoms with van der Waals surface area (Å²) in [6.07, 6.45) is 1.10. The number of halogens is 1. The van der Waals surface area contributed by atoms with Crippen LogP contribution in [0.15, 0.2) is 18.2 Å². The summed E-state index contributed by atoms with van der Waals surface area (Å²) < 4.78 is 5.03. The van der Waals surface area contributed by atoms with E-state index >= 15 is 0 Å². The summed E-state index contributed by atoms with van der Waals surface area (Å²) in [4.78, 5) is 50.2. The lowest BCUT2D eigenvalue weighted by Gasteiger charge is -2.19. The third-order valence-electron chi connectivity index (χ3n) is 4.03. The van der Waals surface area contributed by atoms with E-state index in [1.165, 1.54) is 23.1 Å². The van der Waals surface area contributed by atoms with E-state index in [-0.39, 0.29) is 18.0 Å². The number of nitrogens with zero attached hydrogens (tertiary/aromatic N) is 2. The van der Waals surface area contributed by atoms with E-state index in [0.717, 1.165) is 4.90 Å². The Morgan fingerprint density at radius 2 is 2.04 bits per heavy atom. The minimum atomic E-state index is -0.751. The van der Waals surface area contributed by atoms with Crippen LogP contribution in [-0.4, -0.2) is 55.0 Å². The van der Waals surface area contributed by atoms with Crippen LogP contribution in [0, 0.1) is 0 Å². The van der Waals surface area contributed by atoms with E-state index in [1.54, 1.807) is 0 Å². The van der Waals surface area contributed by atoms with Crippen molar-refractivity contribution in [3.8, 4) is 0 Å². The second kappa shape index (κ2) is 7.10. The summed E-state index contributed by atoms with van der Waals surface area (Å²) in [5.74, 6) is -1.45. The van der Waals surface area contributed by atoms with Crippen LogP contribution in [0.2, 0.25) is 5.02 Å². The average Bonchev–Trinajstić information content (AvgIpc) is 3.20. The fourth-order valence-electron chi connectivity index (χ4n) is 2.80. The molecule has 0 unspecified atom stereocenters. The van der Waals surface area contributed by atoms with Gasteiger partial charge in [-0.2, -0.15) is 0 Å². The van der Waals surface area contributed by atoms with Crippen molar-refractivity contribution in [1.82, 2.24) is 10.2 Å². The van der Waals surface area contributed by atoms with Crippen LogP contribution in [0.25, 0.3) is 0 Å². The molecule has 8 nitrogen and oxygen atoms in total. The zero-order chi connectivity index (χ0) is 18.0. The molecule has 0 bridgehead atoms. The Hall–Kier alpha value is -2.61. The predicted octanol–water partition coefficient (Wildman–Crippen LogP) is 1.18. The van der Waals surface area contributed by atoms with Gasteiger partial charge in [-0.15, -0.1) is 0 Å². The molecule has 0 saturated carbocycles. The molecule has 3 rings (SSSR count). The summed E-state index contributed by atoms with van der Waals surface area (Å²) in [6.45, 7) is 0.551. The highest BCUT2D eigenvalue weighted by atomic mass is 35.5. The highest BCUT2D eigenvalue weighted by molar-refractivity contribution is 6.31. The lowest BCUT2D eigenvalue weighted by atomic mass is 10.1. The lowest BCUT2D eigenvalue weighted by Crippen LogP contribution is -2.37. The number of hydrogen-bond donors (Lipinski definition) is 1. The molecule has 2 heterocycles. The van der Waals surface area contributed by atoms with Gasteiger partial charge >= 0.3 is 12.0 Å². The number of imide groups is 1.